The third-order valence-electron chi connectivity index (χ3n) is 1.68. The smallest absolute Gasteiger partial charge is 0.340 e. The van der Waals surface area contributed by atoms with Gasteiger partial charge in [0.05, 0.1) is 13.3 Å². The molecule has 0 radical (unpaired) electrons. The highest BCUT2D eigenvalue weighted by atomic mass is 19.3. The van der Waals surface area contributed by atoms with Crippen molar-refractivity contribution in [2.75, 3.05) is 13.7 Å². The topological polar surface area (TPSA) is 31.4 Å². The molecule has 0 spiro atoms. The molecule has 1 heterocycles. The first-order valence-corrected chi connectivity index (χ1v) is 4.24. The summed E-state index contributed by atoms with van der Waals surface area (Å²) < 4.78 is 57.6. The Bertz CT molecular complexity index is 329. The van der Waals surface area contributed by atoms with Gasteiger partial charge in [0.15, 0.2) is 6.61 Å². The molecule has 0 aromatic carbocycles. The number of hydrogen-bond donors (Lipinski definition) is 0. The lowest BCUT2D eigenvalue weighted by atomic mass is 10.4. The van der Waals surface area contributed by atoms with Crippen LogP contribution in [-0.4, -0.2) is 31.0 Å². The molecule has 0 atom stereocenters. The average molecular weight is 239 g/mol. The Balaban J connectivity index is 2.54. The van der Waals surface area contributed by atoms with Crippen molar-refractivity contribution < 1.29 is 27.0 Å². The minimum atomic E-state index is -4.18. The van der Waals surface area contributed by atoms with Gasteiger partial charge in [-0.05, 0) is 6.07 Å². The Kier molecular flexibility index (Phi) is 3.92. The molecule has 0 fully saturated rings. The predicted molar refractivity (Wildman–Crippen MR) is 47.2 cm³/mol. The highest BCUT2D eigenvalue weighted by Crippen LogP contribution is 2.24. The van der Waals surface area contributed by atoms with Crippen molar-refractivity contribution >= 4 is 0 Å². The molecule has 0 aliphatic rings. The second-order valence-corrected chi connectivity index (χ2v) is 2.89. The summed E-state index contributed by atoms with van der Waals surface area (Å²) in [5, 5.41) is 0. The van der Waals surface area contributed by atoms with Gasteiger partial charge in [-0.25, -0.2) is 13.8 Å². The molecule has 16 heavy (non-hydrogen) atoms. The number of rotatable bonds is 5. The first-order chi connectivity index (χ1) is 7.45. The lowest BCUT2D eigenvalue weighted by molar-refractivity contribution is -0.148. The lowest BCUT2D eigenvalue weighted by Gasteiger charge is -2.15. The number of alkyl halides is 4. The average Bonchev–Trinajstić information content (AvgIpc) is 2.27. The fourth-order valence-corrected chi connectivity index (χ4v) is 0.806. The highest BCUT2D eigenvalue weighted by Gasteiger charge is 2.41. The summed E-state index contributed by atoms with van der Waals surface area (Å²) in [5.41, 5.74) is 0. The van der Waals surface area contributed by atoms with Gasteiger partial charge in [-0.3, -0.25) is 0 Å². The largest absolute Gasteiger partial charge is 0.495 e. The monoisotopic (exact) mass is 239 g/mol. The number of hydrogen-bond acceptors (Lipinski definition) is 3. The van der Waals surface area contributed by atoms with Gasteiger partial charge in [0.25, 0.3) is 0 Å². The van der Waals surface area contributed by atoms with Crippen LogP contribution in [0.15, 0.2) is 18.3 Å². The van der Waals surface area contributed by atoms with Crippen molar-refractivity contribution in [3.05, 3.63) is 18.3 Å². The van der Waals surface area contributed by atoms with Crippen molar-refractivity contribution in [2.24, 2.45) is 0 Å². The number of pyridine rings is 1. The molecule has 1 rings (SSSR count). The van der Waals surface area contributed by atoms with Crippen molar-refractivity contribution in [3.8, 4) is 11.6 Å². The van der Waals surface area contributed by atoms with Crippen LogP contribution in [0.5, 0.6) is 11.6 Å². The highest BCUT2D eigenvalue weighted by molar-refractivity contribution is 5.22. The first-order valence-electron chi connectivity index (χ1n) is 4.24. The van der Waals surface area contributed by atoms with Crippen LogP contribution in [-0.2, 0) is 0 Å². The maximum atomic E-state index is 12.5. The Labute approximate surface area is 89.0 Å². The Morgan fingerprint density at radius 3 is 2.50 bits per heavy atom. The molecule has 1 aromatic heterocycles. The minimum Gasteiger partial charge on any atom is -0.495 e. The summed E-state index contributed by atoms with van der Waals surface area (Å²) in [5.74, 6) is -3.93. The minimum absolute atomic E-state index is 0.166. The molecule has 90 valence electrons. The van der Waals surface area contributed by atoms with Crippen LogP contribution < -0.4 is 9.47 Å². The summed E-state index contributed by atoms with van der Waals surface area (Å²) in [7, 11) is 1.41. The number of methoxy groups -OCH3 is 1. The van der Waals surface area contributed by atoms with Gasteiger partial charge in [-0.15, -0.1) is 0 Å². The molecule has 0 unspecified atom stereocenters. The maximum absolute atomic E-state index is 12.5. The van der Waals surface area contributed by atoms with Crippen LogP contribution >= 0.6 is 0 Å². The second kappa shape index (κ2) is 5.00. The second-order valence-electron chi connectivity index (χ2n) is 2.89. The zero-order valence-corrected chi connectivity index (χ0v) is 8.29. The maximum Gasteiger partial charge on any atom is 0.340 e. The van der Waals surface area contributed by atoms with Gasteiger partial charge in [-0.2, -0.15) is 8.78 Å². The fraction of sp³-hybridized carbons (Fsp3) is 0.444. The van der Waals surface area contributed by atoms with Crippen molar-refractivity contribution in [2.45, 2.75) is 12.3 Å². The molecule has 1 aromatic rings. The third kappa shape index (κ3) is 3.25. The predicted octanol–water partition coefficient (Wildman–Crippen LogP) is 2.37. The van der Waals surface area contributed by atoms with Crippen LogP contribution in [0.2, 0.25) is 0 Å². The van der Waals surface area contributed by atoms with E-state index in [2.05, 4.69) is 9.72 Å². The van der Waals surface area contributed by atoms with E-state index in [-0.39, 0.29) is 5.88 Å². The van der Waals surface area contributed by atoms with Gasteiger partial charge in [0.1, 0.15) is 5.75 Å². The Hall–Kier alpha value is -1.53. The Morgan fingerprint density at radius 1 is 1.38 bits per heavy atom. The molecule has 0 N–H and O–H groups in total. The quantitative estimate of drug-likeness (QED) is 0.739. The van der Waals surface area contributed by atoms with Gasteiger partial charge < -0.3 is 9.47 Å². The van der Waals surface area contributed by atoms with Crippen LogP contribution in [0, 0.1) is 0 Å². The fourth-order valence-electron chi connectivity index (χ4n) is 0.806. The van der Waals surface area contributed by atoms with Crippen molar-refractivity contribution in [3.63, 3.8) is 0 Å². The number of aromatic nitrogens is 1. The van der Waals surface area contributed by atoms with Gasteiger partial charge >= 0.3 is 12.3 Å². The van der Waals surface area contributed by atoms with Gasteiger partial charge in [0.2, 0.25) is 5.88 Å². The lowest BCUT2D eigenvalue weighted by Crippen LogP contribution is -2.33. The number of nitrogens with zero attached hydrogens (tertiary/aromatic N) is 1. The zero-order valence-electron chi connectivity index (χ0n) is 8.29. The van der Waals surface area contributed by atoms with Crippen LogP contribution in [0.3, 0.4) is 0 Å². The molecule has 3 nitrogen and oxygen atoms in total. The van der Waals surface area contributed by atoms with E-state index in [1.54, 1.807) is 0 Å². The van der Waals surface area contributed by atoms with Crippen molar-refractivity contribution in [1.82, 2.24) is 4.98 Å². The van der Waals surface area contributed by atoms with E-state index < -0.39 is 19.0 Å². The first kappa shape index (κ1) is 12.5. The van der Waals surface area contributed by atoms with Crippen LogP contribution in [0.25, 0.3) is 0 Å². The summed E-state index contributed by atoms with van der Waals surface area (Å²) in [6.45, 7) is -1.41. The van der Waals surface area contributed by atoms with E-state index in [4.69, 9.17) is 4.74 Å². The molecule has 7 heteroatoms. The van der Waals surface area contributed by atoms with Crippen molar-refractivity contribution in [1.29, 1.82) is 0 Å². The molecular formula is C9H9F4NO2. The van der Waals surface area contributed by atoms with Crippen LogP contribution in [0.4, 0.5) is 17.6 Å². The van der Waals surface area contributed by atoms with Gasteiger partial charge in [0, 0.05) is 6.07 Å². The van der Waals surface area contributed by atoms with E-state index in [9.17, 15) is 17.6 Å². The van der Waals surface area contributed by atoms with E-state index in [1.165, 1.54) is 25.4 Å². The standard InChI is InChI=1S/C9H9F4NO2/c1-15-6-2-3-7(14-4-6)16-5-9(12,13)8(10)11/h2-4,8H,5H2,1H3. The number of ether oxygens (including phenoxy) is 2. The molecule has 0 aliphatic carbocycles. The Morgan fingerprint density at radius 2 is 2.06 bits per heavy atom. The van der Waals surface area contributed by atoms with Crippen LogP contribution in [0.1, 0.15) is 0 Å². The molecule has 0 bridgehead atoms. The SMILES string of the molecule is COc1ccc(OCC(F)(F)C(F)F)nc1. The summed E-state index contributed by atoms with van der Waals surface area (Å²) in [4.78, 5) is 3.59. The normalized spacial score (nSPS) is 11.6. The summed E-state index contributed by atoms with van der Waals surface area (Å²) >= 11 is 0. The summed E-state index contributed by atoms with van der Waals surface area (Å²) in [6.07, 6.45) is -2.53. The molecular weight excluding hydrogens is 230 g/mol. The molecule has 0 saturated carbocycles. The van der Waals surface area contributed by atoms with E-state index in [0.29, 0.717) is 5.75 Å². The molecule has 0 amide bonds. The molecule has 0 saturated heterocycles. The van der Waals surface area contributed by atoms with E-state index in [1.807, 2.05) is 0 Å². The number of halogens is 4. The van der Waals surface area contributed by atoms with E-state index >= 15 is 0 Å². The third-order valence-corrected chi connectivity index (χ3v) is 1.68. The molecule has 0 aliphatic heterocycles. The zero-order chi connectivity index (χ0) is 12.2. The van der Waals surface area contributed by atoms with E-state index in [0.717, 1.165) is 0 Å². The van der Waals surface area contributed by atoms with Gasteiger partial charge in [-0.1, -0.05) is 0 Å². The summed E-state index contributed by atoms with van der Waals surface area (Å²) in [6, 6.07) is 2.67.